The fourth-order valence-corrected chi connectivity index (χ4v) is 5.27. The number of anilines is 1. The molecule has 1 aliphatic carbocycles. The third-order valence-corrected chi connectivity index (χ3v) is 7.51. The highest BCUT2D eigenvalue weighted by Crippen LogP contribution is 2.58. The summed E-state index contributed by atoms with van der Waals surface area (Å²) in [6, 6.07) is 17.5. The van der Waals surface area contributed by atoms with E-state index in [2.05, 4.69) is 20.3 Å². The van der Waals surface area contributed by atoms with Crippen molar-refractivity contribution in [2.24, 2.45) is 0 Å². The predicted octanol–water partition coefficient (Wildman–Crippen LogP) is 2.61. The standard InChI is InChI=1S/C27H23ClFN5O7/c28-25-32-20(30-12-15-9-5-2-6-10-15)16-21(33-25)34(13-31-16)22-17(29)27(39)18(40-22)19(27)41-26(23(35)36,24(37)38)11-14-7-3-1-4-8-14/h1-10,13,17-19,22,39H,11-12H2,(H,35,36)(H,37,38)(H,30,32,33)/t17-,18-,19?,22-,27+/m1/s1. The fraction of sp³-hybridized carbons (Fsp3) is 0.296. The molecule has 2 fully saturated rings. The molecule has 2 aromatic carbocycles. The summed E-state index contributed by atoms with van der Waals surface area (Å²) in [5.41, 5.74) is -3.35. The first-order chi connectivity index (χ1) is 19.6. The Morgan fingerprint density at radius 2 is 1.71 bits per heavy atom. The van der Waals surface area contributed by atoms with Gasteiger partial charge >= 0.3 is 11.9 Å². The first kappa shape index (κ1) is 27.0. The summed E-state index contributed by atoms with van der Waals surface area (Å²) in [7, 11) is 0. The molecule has 4 aromatic rings. The quantitative estimate of drug-likeness (QED) is 0.160. The lowest BCUT2D eigenvalue weighted by atomic mass is 9.94. The van der Waals surface area contributed by atoms with E-state index in [1.54, 1.807) is 18.2 Å². The van der Waals surface area contributed by atoms with E-state index in [4.69, 9.17) is 21.1 Å². The molecule has 14 heteroatoms. The summed E-state index contributed by atoms with van der Waals surface area (Å²) < 4.78 is 28.3. The van der Waals surface area contributed by atoms with E-state index in [9.17, 15) is 24.9 Å². The number of hydrogen-bond donors (Lipinski definition) is 4. The zero-order chi connectivity index (χ0) is 28.9. The van der Waals surface area contributed by atoms with Crippen molar-refractivity contribution in [3.05, 3.63) is 83.4 Å². The van der Waals surface area contributed by atoms with E-state index < -0.39 is 54.2 Å². The SMILES string of the molecule is O=C(O)C(Cc1ccccc1)(OC1[C@H]2O[C@@H](n3cnc4c(NCc5ccccc5)nc(Cl)nc43)[C@@H](F)[C@@]12O)C(=O)O. The van der Waals surface area contributed by atoms with Gasteiger partial charge in [-0.3, -0.25) is 4.57 Å². The number of carboxylic acids is 2. The maximum absolute atomic E-state index is 15.8. The number of ether oxygens (including phenoxy) is 2. The van der Waals surface area contributed by atoms with Gasteiger partial charge < -0.3 is 30.1 Å². The van der Waals surface area contributed by atoms with Crippen LogP contribution in [0.25, 0.3) is 11.2 Å². The molecule has 0 spiro atoms. The normalized spacial score (nSPS) is 25.1. The van der Waals surface area contributed by atoms with E-state index in [-0.39, 0.29) is 16.4 Å². The Morgan fingerprint density at radius 1 is 1.07 bits per heavy atom. The maximum atomic E-state index is 15.8. The second-order valence-corrected chi connectivity index (χ2v) is 10.2. The molecule has 6 rings (SSSR count). The molecule has 2 aliphatic rings. The number of hydrogen-bond acceptors (Lipinski definition) is 9. The number of fused-ring (bicyclic) bond motifs is 2. The number of alkyl halides is 1. The predicted molar refractivity (Wildman–Crippen MR) is 141 cm³/mol. The number of aromatic nitrogens is 4. The van der Waals surface area contributed by atoms with Crippen molar-refractivity contribution < 1.29 is 38.8 Å². The first-order valence-electron chi connectivity index (χ1n) is 12.5. The smallest absolute Gasteiger partial charge is 0.348 e. The van der Waals surface area contributed by atoms with Crippen molar-refractivity contribution >= 4 is 40.5 Å². The molecule has 4 N–H and O–H groups in total. The van der Waals surface area contributed by atoms with Gasteiger partial charge in [0.25, 0.3) is 5.60 Å². The number of nitrogens with zero attached hydrogens (tertiary/aromatic N) is 4. The number of nitrogens with one attached hydrogen (secondary N) is 1. The molecule has 1 saturated carbocycles. The Hall–Kier alpha value is -4.17. The van der Waals surface area contributed by atoms with Crippen molar-refractivity contribution in [3.8, 4) is 0 Å². The maximum Gasteiger partial charge on any atom is 0.348 e. The average Bonchev–Trinajstić information content (AvgIpc) is 3.19. The third kappa shape index (κ3) is 4.47. The van der Waals surface area contributed by atoms with Gasteiger partial charge in [0.1, 0.15) is 12.2 Å². The summed E-state index contributed by atoms with van der Waals surface area (Å²) >= 11 is 6.15. The fourth-order valence-electron chi connectivity index (χ4n) is 5.10. The van der Waals surface area contributed by atoms with E-state index in [0.29, 0.717) is 17.9 Å². The molecule has 41 heavy (non-hydrogen) atoms. The average molecular weight is 584 g/mol. The third-order valence-electron chi connectivity index (χ3n) is 7.34. The first-order valence-corrected chi connectivity index (χ1v) is 12.9. The van der Waals surface area contributed by atoms with Crippen LogP contribution in [0.5, 0.6) is 0 Å². The lowest BCUT2D eigenvalue weighted by Crippen LogP contribution is -2.53. The summed E-state index contributed by atoms with van der Waals surface area (Å²) in [5, 5.41) is 33.9. The Morgan fingerprint density at radius 3 is 2.29 bits per heavy atom. The van der Waals surface area contributed by atoms with Crippen LogP contribution < -0.4 is 5.32 Å². The van der Waals surface area contributed by atoms with Crippen LogP contribution in [0, 0.1) is 0 Å². The second-order valence-electron chi connectivity index (χ2n) is 9.88. The molecule has 12 nitrogen and oxygen atoms in total. The molecular formula is C27H23ClFN5O7. The number of aliphatic hydroxyl groups is 1. The van der Waals surface area contributed by atoms with Gasteiger partial charge in [0.2, 0.25) is 5.28 Å². The van der Waals surface area contributed by atoms with E-state index >= 15 is 4.39 Å². The van der Waals surface area contributed by atoms with Gasteiger partial charge in [-0.1, -0.05) is 60.7 Å². The molecule has 1 saturated heterocycles. The summed E-state index contributed by atoms with van der Waals surface area (Å²) in [4.78, 5) is 37.0. The number of rotatable bonds is 10. The number of carbonyl (C=O) groups is 2. The lowest BCUT2D eigenvalue weighted by Gasteiger charge is -2.28. The highest BCUT2D eigenvalue weighted by Gasteiger charge is 2.80. The minimum atomic E-state index is -2.79. The van der Waals surface area contributed by atoms with Crippen molar-refractivity contribution in [2.75, 3.05) is 5.32 Å². The van der Waals surface area contributed by atoms with Crippen LogP contribution in [0.2, 0.25) is 5.28 Å². The van der Waals surface area contributed by atoms with Crippen LogP contribution in [-0.4, -0.2) is 76.4 Å². The van der Waals surface area contributed by atoms with Gasteiger partial charge in [-0.2, -0.15) is 9.97 Å². The Balaban J connectivity index is 1.24. The number of benzene rings is 2. The molecule has 212 valence electrons. The Bertz CT molecular complexity index is 1610. The van der Waals surface area contributed by atoms with Crippen molar-refractivity contribution in [2.45, 2.75) is 48.8 Å². The highest BCUT2D eigenvalue weighted by molar-refractivity contribution is 6.28. The van der Waals surface area contributed by atoms with Crippen LogP contribution >= 0.6 is 11.6 Å². The van der Waals surface area contributed by atoms with Crippen LogP contribution in [0.3, 0.4) is 0 Å². The minimum Gasteiger partial charge on any atom is -0.479 e. The summed E-state index contributed by atoms with van der Waals surface area (Å²) in [6.07, 6.45) is -5.78. The van der Waals surface area contributed by atoms with Gasteiger partial charge in [0.15, 0.2) is 35.0 Å². The molecular weight excluding hydrogens is 561 g/mol. The molecule has 5 atom stereocenters. The van der Waals surface area contributed by atoms with Crippen LogP contribution in [0.1, 0.15) is 17.4 Å². The molecule has 0 amide bonds. The Labute approximate surface area is 236 Å². The minimum absolute atomic E-state index is 0.130. The zero-order valence-corrected chi connectivity index (χ0v) is 21.8. The number of imidazole rings is 1. The topological polar surface area (TPSA) is 169 Å². The number of carboxylic acid groups (broad SMARTS) is 2. The summed E-state index contributed by atoms with van der Waals surface area (Å²) in [6.45, 7) is 0.403. The molecule has 2 aromatic heterocycles. The van der Waals surface area contributed by atoms with Crippen LogP contribution in [-0.2, 0) is 32.0 Å². The molecule has 1 aliphatic heterocycles. The monoisotopic (exact) mass is 583 g/mol. The van der Waals surface area contributed by atoms with Gasteiger partial charge in [0.05, 0.1) is 6.33 Å². The Kier molecular flexibility index (Phi) is 6.61. The molecule has 0 radical (unpaired) electrons. The zero-order valence-electron chi connectivity index (χ0n) is 21.1. The van der Waals surface area contributed by atoms with Crippen LogP contribution in [0.4, 0.5) is 10.2 Å². The van der Waals surface area contributed by atoms with Gasteiger partial charge in [-0.05, 0) is 22.7 Å². The van der Waals surface area contributed by atoms with E-state index in [1.807, 2.05) is 30.3 Å². The van der Waals surface area contributed by atoms with Crippen molar-refractivity contribution in [1.82, 2.24) is 19.5 Å². The number of aliphatic carboxylic acids is 2. The van der Waals surface area contributed by atoms with Crippen LogP contribution in [0.15, 0.2) is 67.0 Å². The van der Waals surface area contributed by atoms with Crippen molar-refractivity contribution in [3.63, 3.8) is 0 Å². The number of halogens is 2. The lowest BCUT2D eigenvalue weighted by molar-refractivity contribution is -0.194. The van der Waals surface area contributed by atoms with Gasteiger partial charge in [-0.25, -0.2) is 19.0 Å². The summed E-state index contributed by atoms with van der Waals surface area (Å²) in [5.74, 6) is -3.29. The van der Waals surface area contributed by atoms with Gasteiger partial charge in [-0.15, -0.1) is 0 Å². The molecule has 3 heterocycles. The van der Waals surface area contributed by atoms with Gasteiger partial charge in [0, 0.05) is 13.0 Å². The molecule has 0 bridgehead atoms. The molecule has 1 unspecified atom stereocenters. The van der Waals surface area contributed by atoms with E-state index in [0.717, 1.165) is 5.56 Å². The van der Waals surface area contributed by atoms with Crippen molar-refractivity contribution in [1.29, 1.82) is 0 Å². The van der Waals surface area contributed by atoms with E-state index in [1.165, 1.54) is 23.0 Å². The largest absolute Gasteiger partial charge is 0.479 e. The highest BCUT2D eigenvalue weighted by atomic mass is 35.5. The second kappa shape index (κ2) is 10.0.